The number of aromatic amines is 1. The third kappa shape index (κ3) is 3.09. The number of rotatable bonds is 5. The molecule has 2 aromatic rings. The fourth-order valence-corrected chi connectivity index (χ4v) is 1.98. The van der Waals surface area contributed by atoms with Crippen molar-refractivity contribution in [1.82, 2.24) is 9.97 Å². The number of aromatic nitrogens is 2. The number of hydrogen-bond acceptors (Lipinski definition) is 4. The first-order valence-electron chi connectivity index (χ1n) is 6.12. The van der Waals surface area contributed by atoms with Crippen LogP contribution in [0.25, 0.3) is 0 Å². The van der Waals surface area contributed by atoms with Gasteiger partial charge < -0.3 is 10.3 Å². The predicted molar refractivity (Wildman–Crippen MR) is 73.1 cm³/mol. The maximum absolute atomic E-state index is 10.8. The van der Waals surface area contributed by atoms with E-state index in [1.165, 1.54) is 0 Å². The maximum atomic E-state index is 10.8. The van der Waals surface area contributed by atoms with Gasteiger partial charge in [-0.05, 0) is 25.0 Å². The van der Waals surface area contributed by atoms with Gasteiger partial charge in [-0.1, -0.05) is 6.92 Å². The minimum Gasteiger partial charge on any atom is -0.375 e. The highest BCUT2D eigenvalue weighted by atomic mass is 16.6. The lowest BCUT2D eigenvalue weighted by Crippen LogP contribution is -2.11. The second kappa shape index (κ2) is 5.51. The van der Waals surface area contributed by atoms with E-state index in [-0.39, 0.29) is 16.7 Å². The topological polar surface area (TPSA) is 83.8 Å². The Balaban J connectivity index is 2.24. The molecule has 2 rings (SSSR count). The number of nitro benzene ring substituents is 1. The Bertz CT molecular complexity index is 566. The van der Waals surface area contributed by atoms with Crippen molar-refractivity contribution < 1.29 is 4.92 Å². The van der Waals surface area contributed by atoms with E-state index in [2.05, 4.69) is 15.3 Å². The molecule has 0 aliphatic rings. The first-order valence-corrected chi connectivity index (χ1v) is 6.12. The highest BCUT2D eigenvalue weighted by molar-refractivity contribution is 5.54. The zero-order valence-electron chi connectivity index (χ0n) is 10.9. The summed E-state index contributed by atoms with van der Waals surface area (Å²) in [6, 6.07) is 4.99. The molecule has 1 atom stereocenters. The molecule has 0 aliphatic heterocycles. The number of aryl methyl sites for hydroxylation is 1. The van der Waals surface area contributed by atoms with Gasteiger partial charge >= 0.3 is 0 Å². The third-order valence-electron chi connectivity index (χ3n) is 2.87. The molecule has 1 aromatic carbocycles. The first kappa shape index (κ1) is 13.1. The van der Waals surface area contributed by atoms with Crippen molar-refractivity contribution >= 4 is 11.4 Å². The number of H-pyrrole nitrogens is 1. The average Bonchev–Trinajstić information content (AvgIpc) is 2.89. The molecule has 0 radical (unpaired) electrons. The molecular formula is C13H16N4O2. The van der Waals surface area contributed by atoms with Crippen molar-refractivity contribution in [1.29, 1.82) is 0 Å². The van der Waals surface area contributed by atoms with Gasteiger partial charge in [0.2, 0.25) is 0 Å². The van der Waals surface area contributed by atoms with Crippen LogP contribution >= 0.6 is 0 Å². The minimum atomic E-state index is -0.383. The number of nitrogens with zero attached hydrogens (tertiary/aromatic N) is 2. The number of imidazole rings is 1. The number of benzene rings is 1. The normalized spacial score (nSPS) is 12.1. The number of anilines is 1. The molecule has 100 valence electrons. The quantitative estimate of drug-likeness (QED) is 0.638. The van der Waals surface area contributed by atoms with Gasteiger partial charge in [0.05, 0.1) is 11.0 Å². The molecular weight excluding hydrogens is 244 g/mol. The molecule has 0 bridgehead atoms. The summed E-state index contributed by atoms with van der Waals surface area (Å²) in [4.78, 5) is 17.7. The van der Waals surface area contributed by atoms with Crippen LogP contribution in [0, 0.1) is 17.0 Å². The van der Waals surface area contributed by atoms with Crippen LogP contribution in [0.4, 0.5) is 11.4 Å². The summed E-state index contributed by atoms with van der Waals surface area (Å²) in [6.07, 6.45) is 4.28. The average molecular weight is 260 g/mol. The van der Waals surface area contributed by atoms with Gasteiger partial charge in [-0.2, -0.15) is 0 Å². The van der Waals surface area contributed by atoms with E-state index in [0.29, 0.717) is 0 Å². The molecule has 1 heterocycles. The third-order valence-corrected chi connectivity index (χ3v) is 2.87. The van der Waals surface area contributed by atoms with Crippen molar-refractivity contribution in [3.63, 3.8) is 0 Å². The Morgan fingerprint density at radius 3 is 2.84 bits per heavy atom. The van der Waals surface area contributed by atoms with Crippen molar-refractivity contribution in [2.24, 2.45) is 0 Å². The Morgan fingerprint density at radius 1 is 1.47 bits per heavy atom. The first-order chi connectivity index (χ1) is 9.10. The zero-order chi connectivity index (χ0) is 13.8. The van der Waals surface area contributed by atoms with E-state index in [4.69, 9.17) is 0 Å². The molecule has 19 heavy (non-hydrogen) atoms. The summed E-state index contributed by atoms with van der Waals surface area (Å²) in [5, 5.41) is 14.1. The highest BCUT2D eigenvalue weighted by Crippen LogP contribution is 2.25. The van der Waals surface area contributed by atoms with Gasteiger partial charge in [0.15, 0.2) is 0 Å². The lowest BCUT2D eigenvalue weighted by Gasteiger charge is -2.16. The standard InChI is InChI=1S/C13H16N4O2/c1-3-12(13-14-4-5-15-13)16-10-6-9(2)7-11(8-10)17(18)19/h4-8,12,16H,3H2,1-2H3,(H,14,15). The predicted octanol–water partition coefficient (Wildman–Crippen LogP) is 3.19. The van der Waals surface area contributed by atoms with Crippen LogP contribution in [0.5, 0.6) is 0 Å². The summed E-state index contributed by atoms with van der Waals surface area (Å²) >= 11 is 0. The van der Waals surface area contributed by atoms with Gasteiger partial charge in [-0.15, -0.1) is 0 Å². The SMILES string of the molecule is CCC(Nc1cc(C)cc([N+](=O)[O-])c1)c1ncc[nH]1. The molecule has 6 nitrogen and oxygen atoms in total. The minimum absolute atomic E-state index is 0.0106. The number of hydrogen-bond donors (Lipinski definition) is 2. The maximum Gasteiger partial charge on any atom is 0.271 e. The van der Waals surface area contributed by atoms with E-state index in [1.807, 2.05) is 19.9 Å². The zero-order valence-corrected chi connectivity index (χ0v) is 10.9. The molecule has 1 aromatic heterocycles. The Kier molecular flexibility index (Phi) is 3.79. The molecule has 0 aliphatic carbocycles. The largest absolute Gasteiger partial charge is 0.375 e. The molecule has 0 fully saturated rings. The van der Waals surface area contributed by atoms with Crippen molar-refractivity contribution in [2.75, 3.05) is 5.32 Å². The number of non-ortho nitro benzene ring substituents is 1. The number of nitro groups is 1. The van der Waals surface area contributed by atoms with Crippen LogP contribution in [0.3, 0.4) is 0 Å². The van der Waals surface area contributed by atoms with Crippen molar-refractivity contribution in [2.45, 2.75) is 26.3 Å². The molecule has 0 saturated heterocycles. The van der Waals surface area contributed by atoms with E-state index < -0.39 is 0 Å². The van der Waals surface area contributed by atoms with Crippen LogP contribution in [0.15, 0.2) is 30.6 Å². The second-order valence-electron chi connectivity index (χ2n) is 4.39. The highest BCUT2D eigenvalue weighted by Gasteiger charge is 2.14. The molecule has 0 spiro atoms. The Labute approximate surface area is 111 Å². The van der Waals surface area contributed by atoms with Gasteiger partial charge in [-0.3, -0.25) is 10.1 Å². The summed E-state index contributed by atoms with van der Waals surface area (Å²) in [5.74, 6) is 0.826. The summed E-state index contributed by atoms with van der Waals surface area (Å²) in [5.41, 5.74) is 1.68. The molecule has 0 saturated carbocycles. The van der Waals surface area contributed by atoms with Crippen molar-refractivity contribution in [3.05, 3.63) is 52.1 Å². The molecule has 1 unspecified atom stereocenters. The summed E-state index contributed by atoms with van der Waals surface area (Å²) < 4.78 is 0. The van der Waals surface area contributed by atoms with Crippen molar-refractivity contribution in [3.8, 4) is 0 Å². The Morgan fingerprint density at radius 2 is 2.26 bits per heavy atom. The summed E-state index contributed by atoms with van der Waals surface area (Å²) in [7, 11) is 0. The smallest absolute Gasteiger partial charge is 0.271 e. The van der Waals surface area contributed by atoms with Crippen LogP contribution in [-0.2, 0) is 0 Å². The molecule has 0 amide bonds. The Hall–Kier alpha value is -2.37. The lowest BCUT2D eigenvalue weighted by atomic mass is 10.1. The van der Waals surface area contributed by atoms with Crippen LogP contribution in [-0.4, -0.2) is 14.9 Å². The molecule has 2 N–H and O–H groups in total. The van der Waals surface area contributed by atoms with E-state index >= 15 is 0 Å². The summed E-state index contributed by atoms with van der Waals surface area (Å²) in [6.45, 7) is 3.87. The van der Waals surface area contributed by atoms with E-state index in [9.17, 15) is 10.1 Å². The van der Waals surface area contributed by atoms with Crippen LogP contribution in [0.2, 0.25) is 0 Å². The van der Waals surface area contributed by atoms with E-state index in [1.54, 1.807) is 24.5 Å². The lowest BCUT2D eigenvalue weighted by molar-refractivity contribution is -0.384. The fraction of sp³-hybridized carbons (Fsp3) is 0.308. The van der Waals surface area contributed by atoms with Crippen LogP contribution < -0.4 is 5.32 Å². The fourth-order valence-electron chi connectivity index (χ4n) is 1.98. The van der Waals surface area contributed by atoms with Crippen LogP contribution in [0.1, 0.15) is 30.8 Å². The van der Waals surface area contributed by atoms with E-state index in [0.717, 1.165) is 23.5 Å². The monoisotopic (exact) mass is 260 g/mol. The number of nitrogens with one attached hydrogen (secondary N) is 2. The molecule has 6 heteroatoms. The van der Waals surface area contributed by atoms with Gasteiger partial charge in [0, 0.05) is 30.2 Å². The van der Waals surface area contributed by atoms with Gasteiger partial charge in [0.1, 0.15) is 5.82 Å². The van der Waals surface area contributed by atoms with Gasteiger partial charge in [-0.25, -0.2) is 4.98 Å². The van der Waals surface area contributed by atoms with Gasteiger partial charge in [0.25, 0.3) is 5.69 Å². The second-order valence-corrected chi connectivity index (χ2v) is 4.39.